The Hall–Kier alpha value is -1.55. The SMILES string of the molecule is CCNCc1cc(Cn2ccnc2CC)c(C)o1. The molecule has 0 aliphatic rings. The first kappa shape index (κ1) is 12.9. The Bertz CT molecular complexity index is 499. The summed E-state index contributed by atoms with van der Waals surface area (Å²) in [7, 11) is 0. The van der Waals surface area contributed by atoms with Gasteiger partial charge in [0.15, 0.2) is 0 Å². The molecule has 2 rings (SSSR count). The van der Waals surface area contributed by atoms with Gasteiger partial charge in [-0.05, 0) is 19.5 Å². The van der Waals surface area contributed by atoms with Crippen LogP contribution in [0.5, 0.6) is 0 Å². The minimum Gasteiger partial charge on any atom is -0.465 e. The van der Waals surface area contributed by atoms with E-state index in [1.165, 1.54) is 5.56 Å². The zero-order valence-electron chi connectivity index (χ0n) is 11.4. The van der Waals surface area contributed by atoms with Crippen molar-refractivity contribution >= 4 is 0 Å². The molecule has 0 aliphatic carbocycles. The van der Waals surface area contributed by atoms with Crippen LogP contribution in [0, 0.1) is 6.92 Å². The molecular formula is C14H21N3O. The van der Waals surface area contributed by atoms with Crippen LogP contribution < -0.4 is 5.32 Å². The molecule has 0 saturated carbocycles. The maximum atomic E-state index is 5.74. The van der Waals surface area contributed by atoms with Crippen LogP contribution in [0.15, 0.2) is 22.9 Å². The molecule has 0 fully saturated rings. The molecule has 0 radical (unpaired) electrons. The maximum Gasteiger partial charge on any atom is 0.118 e. The van der Waals surface area contributed by atoms with E-state index in [4.69, 9.17) is 4.42 Å². The van der Waals surface area contributed by atoms with Crippen molar-refractivity contribution in [3.05, 3.63) is 41.4 Å². The highest BCUT2D eigenvalue weighted by molar-refractivity contribution is 5.21. The van der Waals surface area contributed by atoms with Gasteiger partial charge < -0.3 is 14.3 Å². The lowest BCUT2D eigenvalue weighted by Gasteiger charge is -2.04. The molecule has 98 valence electrons. The summed E-state index contributed by atoms with van der Waals surface area (Å²) >= 11 is 0. The van der Waals surface area contributed by atoms with Crippen LogP contribution in [0.1, 0.15) is 36.8 Å². The predicted octanol–water partition coefficient (Wildman–Crippen LogP) is 2.50. The fourth-order valence-electron chi connectivity index (χ4n) is 2.06. The molecule has 0 saturated heterocycles. The zero-order valence-corrected chi connectivity index (χ0v) is 11.4. The molecule has 0 unspecified atom stereocenters. The van der Waals surface area contributed by atoms with Gasteiger partial charge >= 0.3 is 0 Å². The van der Waals surface area contributed by atoms with Crippen molar-refractivity contribution in [1.82, 2.24) is 14.9 Å². The highest BCUT2D eigenvalue weighted by Crippen LogP contribution is 2.16. The first-order valence-electron chi connectivity index (χ1n) is 6.53. The van der Waals surface area contributed by atoms with E-state index in [9.17, 15) is 0 Å². The number of imidazole rings is 1. The standard InChI is InChI=1S/C14H21N3O/c1-4-14-16-6-7-17(14)10-12-8-13(9-15-5-2)18-11(12)3/h6-8,15H,4-5,9-10H2,1-3H3. The monoisotopic (exact) mass is 247 g/mol. The van der Waals surface area contributed by atoms with Gasteiger partial charge in [0.1, 0.15) is 17.3 Å². The highest BCUT2D eigenvalue weighted by Gasteiger charge is 2.09. The number of aromatic nitrogens is 2. The summed E-state index contributed by atoms with van der Waals surface area (Å²) in [6, 6.07) is 2.14. The summed E-state index contributed by atoms with van der Waals surface area (Å²) < 4.78 is 7.92. The van der Waals surface area contributed by atoms with E-state index in [1.807, 2.05) is 19.3 Å². The van der Waals surface area contributed by atoms with Gasteiger partial charge in [0, 0.05) is 24.4 Å². The van der Waals surface area contributed by atoms with Crippen molar-refractivity contribution in [3.8, 4) is 0 Å². The van der Waals surface area contributed by atoms with Gasteiger partial charge in [-0.15, -0.1) is 0 Å². The largest absolute Gasteiger partial charge is 0.465 e. The topological polar surface area (TPSA) is 43.0 Å². The Balaban J connectivity index is 2.11. The lowest BCUT2D eigenvalue weighted by Crippen LogP contribution is -2.10. The van der Waals surface area contributed by atoms with Gasteiger partial charge in [-0.2, -0.15) is 0 Å². The first-order chi connectivity index (χ1) is 8.74. The summed E-state index contributed by atoms with van der Waals surface area (Å²) in [6.07, 6.45) is 4.83. The molecule has 2 aromatic rings. The third-order valence-electron chi connectivity index (χ3n) is 3.08. The lowest BCUT2D eigenvalue weighted by molar-refractivity contribution is 0.462. The van der Waals surface area contributed by atoms with Crippen LogP contribution in [-0.4, -0.2) is 16.1 Å². The molecule has 18 heavy (non-hydrogen) atoms. The number of furan rings is 1. The second-order valence-corrected chi connectivity index (χ2v) is 4.40. The second kappa shape index (κ2) is 5.87. The summed E-state index contributed by atoms with van der Waals surface area (Å²) in [6.45, 7) is 8.82. The van der Waals surface area contributed by atoms with Gasteiger partial charge in [0.25, 0.3) is 0 Å². The molecule has 4 nitrogen and oxygen atoms in total. The number of aryl methyl sites for hydroxylation is 2. The van der Waals surface area contributed by atoms with Crippen molar-refractivity contribution in [2.45, 2.75) is 40.3 Å². The Labute approximate surface area is 108 Å². The zero-order chi connectivity index (χ0) is 13.0. The van der Waals surface area contributed by atoms with Crippen LogP contribution in [0.25, 0.3) is 0 Å². The van der Waals surface area contributed by atoms with Crippen LogP contribution in [0.2, 0.25) is 0 Å². The van der Waals surface area contributed by atoms with Gasteiger partial charge in [0.2, 0.25) is 0 Å². The third-order valence-corrected chi connectivity index (χ3v) is 3.08. The summed E-state index contributed by atoms with van der Waals surface area (Å²) in [4.78, 5) is 4.34. The average Bonchev–Trinajstić information content (AvgIpc) is 2.95. The number of hydrogen-bond donors (Lipinski definition) is 1. The van der Waals surface area contributed by atoms with E-state index in [-0.39, 0.29) is 0 Å². The fraction of sp³-hybridized carbons (Fsp3) is 0.500. The first-order valence-corrected chi connectivity index (χ1v) is 6.53. The Morgan fingerprint density at radius 2 is 2.22 bits per heavy atom. The van der Waals surface area contributed by atoms with Crippen molar-refractivity contribution in [2.75, 3.05) is 6.54 Å². The number of hydrogen-bond acceptors (Lipinski definition) is 3. The molecular weight excluding hydrogens is 226 g/mol. The average molecular weight is 247 g/mol. The van der Waals surface area contributed by atoms with Gasteiger partial charge in [0.05, 0.1) is 13.1 Å². The summed E-state index contributed by atoms with van der Waals surface area (Å²) in [5.74, 6) is 3.12. The van der Waals surface area contributed by atoms with Crippen molar-refractivity contribution in [2.24, 2.45) is 0 Å². The van der Waals surface area contributed by atoms with Crippen LogP contribution >= 0.6 is 0 Å². The van der Waals surface area contributed by atoms with Crippen molar-refractivity contribution < 1.29 is 4.42 Å². The van der Waals surface area contributed by atoms with Gasteiger partial charge in [-0.25, -0.2) is 4.98 Å². The van der Waals surface area contributed by atoms with E-state index in [0.29, 0.717) is 0 Å². The van der Waals surface area contributed by atoms with E-state index in [0.717, 1.165) is 43.4 Å². The Morgan fingerprint density at radius 3 is 2.94 bits per heavy atom. The minimum atomic E-state index is 0.794. The van der Waals surface area contributed by atoms with E-state index in [1.54, 1.807) is 0 Å². The van der Waals surface area contributed by atoms with Crippen LogP contribution in [0.3, 0.4) is 0 Å². The smallest absolute Gasteiger partial charge is 0.118 e. The molecule has 1 N–H and O–H groups in total. The Kier molecular flexibility index (Phi) is 4.20. The van der Waals surface area contributed by atoms with Crippen molar-refractivity contribution in [3.63, 3.8) is 0 Å². The second-order valence-electron chi connectivity index (χ2n) is 4.40. The highest BCUT2D eigenvalue weighted by atomic mass is 16.3. The van der Waals surface area contributed by atoms with Crippen molar-refractivity contribution in [1.29, 1.82) is 0 Å². The molecule has 0 atom stereocenters. The molecule has 0 aliphatic heterocycles. The van der Waals surface area contributed by atoms with E-state index in [2.05, 4.69) is 34.8 Å². The van der Waals surface area contributed by atoms with Crippen LogP contribution in [-0.2, 0) is 19.5 Å². The van der Waals surface area contributed by atoms with E-state index >= 15 is 0 Å². The summed E-state index contributed by atoms with van der Waals surface area (Å²) in [5, 5.41) is 3.27. The molecule has 0 amide bonds. The molecule has 0 spiro atoms. The van der Waals surface area contributed by atoms with Gasteiger partial charge in [-0.3, -0.25) is 0 Å². The quantitative estimate of drug-likeness (QED) is 0.853. The van der Waals surface area contributed by atoms with Gasteiger partial charge in [-0.1, -0.05) is 13.8 Å². The number of nitrogens with one attached hydrogen (secondary N) is 1. The van der Waals surface area contributed by atoms with Crippen LogP contribution in [0.4, 0.5) is 0 Å². The third kappa shape index (κ3) is 2.82. The summed E-state index contributed by atoms with van der Waals surface area (Å²) in [5.41, 5.74) is 1.23. The minimum absolute atomic E-state index is 0.794. The lowest BCUT2D eigenvalue weighted by atomic mass is 10.2. The molecule has 0 bridgehead atoms. The molecule has 0 aromatic carbocycles. The maximum absolute atomic E-state index is 5.74. The predicted molar refractivity (Wildman–Crippen MR) is 71.5 cm³/mol. The fourth-order valence-corrected chi connectivity index (χ4v) is 2.06. The number of nitrogens with zero attached hydrogens (tertiary/aromatic N) is 2. The molecule has 2 aromatic heterocycles. The number of rotatable bonds is 6. The normalized spacial score (nSPS) is 11.1. The van der Waals surface area contributed by atoms with E-state index < -0.39 is 0 Å². The Morgan fingerprint density at radius 1 is 1.39 bits per heavy atom. The molecule has 4 heteroatoms. The molecule has 2 heterocycles.